The van der Waals surface area contributed by atoms with Crippen molar-refractivity contribution < 1.29 is 32.6 Å². The number of hydrogen-bond acceptors (Lipinski definition) is 6. The van der Waals surface area contributed by atoms with Crippen LogP contribution in [0, 0.1) is 5.92 Å². The molecule has 9 heteroatoms. The normalized spacial score (nSPS) is 26.3. The Kier molecular flexibility index (Phi) is 5.47. The lowest BCUT2D eigenvalue weighted by atomic mass is 10.0. The van der Waals surface area contributed by atoms with Crippen LogP contribution in [0.1, 0.15) is 37.7 Å². The lowest BCUT2D eigenvalue weighted by molar-refractivity contribution is -0.134. The van der Waals surface area contributed by atoms with Gasteiger partial charge in [0.15, 0.2) is 11.5 Å². The first-order valence-electron chi connectivity index (χ1n) is 10.8. The highest BCUT2D eigenvalue weighted by Gasteiger charge is 2.40. The molecule has 4 aliphatic rings. The van der Waals surface area contributed by atoms with Gasteiger partial charge in [0.25, 0.3) is 0 Å². The van der Waals surface area contributed by atoms with Gasteiger partial charge in [0, 0.05) is 50.4 Å². The zero-order valence-electron chi connectivity index (χ0n) is 17.1. The molecule has 1 atom stereocenters. The number of hydroxylamine groups is 1. The first kappa shape index (κ1) is 20.5. The first-order valence-corrected chi connectivity index (χ1v) is 10.8. The van der Waals surface area contributed by atoms with E-state index in [1.165, 1.54) is 6.07 Å². The molecular weight excluding hydrogens is 410 g/mol. The SMILES string of the molecule is O=C(C1CC1)N1CCC(Oc2cc(C3=CC4(CCOC4)ON3)ccc2OC(F)F)CC1. The van der Waals surface area contributed by atoms with Gasteiger partial charge in [-0.3, -0.25) is 15.1 Å². The first-order chi connectivity index (χ1) is 15.0. The number of halogens is 2. The molecule has 1 spiro atoms. The van der Waals surface area contributed by atoms with Gasteiger partial charge >= 0.3 is 6.61 Å². The standard InChI is InChI=1S/C22H26F2N2O5/c23-21(24)30-18-4-3-15(17-12-22(31-25-17)7-10-28-13-22)11-19(18)29-16-5-8-26(9-6-16)20(27)14-1-2-14/h3-4,11-12,14,16,21,25H,1-2,5-10,13H2. The van der Waals surface area contributed by atoms with Crippen molar-refractivity contribution in [3.05, 3.63) is 29.8 Å². The fourth-order valence-corrected chi connectivity index (χ4v) is 4.30. The van der Waals surface area contributed by atoms with E-state index < -0.39 is 12.2 Å². The van der Waals surface area contributed by atoms with Crippen LogP contribution in [0.25, 0.3) is 5.70 Å². The van der Waals surface area contributed by atoms with Gasteiger partial charge in [0.2, 0.25) is 5.91 Å². The van der Waals surface area contributed by atoms with Crippen LogP contribution < -0.4 is 15.0 Å². The summed E-state index contributed by atoms with van der Waals surface area (Å²) in [5.41, 5.74) is 3.92. The summed E-state index contributed by atoms with van der Waals surface area (Å²) in [6, 6.07) is 4.87. The summed E-state index contributed by atoms with van der Waals surface area (Å²) in [6.45, 7) is -0.612. The molecule has 0 radical (unpaired) electrons. The number of carbonyl (C=O) groups is 1. The van der Waals surface area contributed by atoms with Crippen molar-refractivity contribution in [2.45, 2.75) is 50.4 Å². The molecule has 1 aromatic rings. The van der Waals surface area contributed by atoms with E-state index >= 15 is 0 Å². The topological polar surface area (TPSA) is 69.3 Å². The molecule has 3 heterocycles. The number of benzene rings is 1. The van der Waals surface area contributed by atoms with E-state index in [2.05, 4.69) is 10.2 Å². The zero-order valence-corrected chi connectivity index (χ0v) is 17.1. The van der Waals surface area contributed by atoms with Gasteiger partial charge in [0.05, 0.1) is 12.3 Å². The van der Waals surface area contributed by atoms with Crippen molar-refractivity contribution in [2.75, 3.05) is 26.3 Å². The van der Waals surface area contributed by atoms with E-state index in [1.807, 2.05) is 11.0 Å². The molecule has 3 aliphatic heterocycles. The highest BCUT2D eigenvalue weighted by Crippen LogP contribution is 2.38. The fraction of sp³-hybridized carbons (Fsp3) is 0.591. The smallest absolute Gasteiger partial charge is 0.387 e. The van der Waals surface area contributed by atoms with Crippen molar-refractivity contribution >= 4 is 11.6 Å². The molecule has 2 saturated heterocycles. The van der Waals surface area contributed by atoms with Gasteiger partial charge in [-0.15, -0.1) is 0 Å². The van der Waals surface area contributed by atoms with Crippen LogP contribution in [0.15, 0.2) is 24.3 Å². The quantitative estimate of drug-likeness (QED) is 0.739. The average molecular weight is 436 g/mol. The van der Waals surface area contributed by atoms with Crippen molar-refractivity contribution in [1.82, 2.24) is 10.4 Å². The summed E-state index contributed by atoms with van der Waals surface area (Å²) in [6.07, 6.45) is 5.82. The molecule has 3 fully saturated rings. The lowest BCUT2D eigenvalue weighted by Gasteiger charge is -2.32. The molecule has 1 saturated carbocycles. The van der Waals surface area contributed by atoms with E-state index in [0.29, 0.717) is 39.1 Å². The Balaban J connectivity index is 1.30. The highest BCUT2D eigenvalue weighted by molar-refractivity contribution is 5.81. The van der Waals surface area contributed by atoms with Crippen LogP contribution in [0.2, 0.25) is 0 Å². The summed E-state index contributed by atoms with van der Waals surface area (Å²) >= 11 is 0. The molecular formula is C22H26F2N2O5. The molecule has 1 aromatic carbocycles. The van der Waals surface area contributed by atoms with Gasteiger partial charge in [-0.05, 0) is 37.1 Å². The third kappa shape index (κ3) is 4.48. The molecule has 7 nitrogen and oxygen atoms in total. The van der Waals surface area contributed by atoms with Gasteiger partial charge in [0.1, 0.15) is 11.7 Å². The molecule has 168 valence electrons. The molecule has 0 bridgehead atoms. The van der Waals surface area contributed by atoms with Gasteiger partial charge in [-0.25, -0.2) is 0 Å². The summed E-state index contributed by atoms with van der Waals surface area (Å²) in [5.74, 6) is 0.680. The Bertz CT molecular complexity index is 859. The summed E-state index contributed by atoms with van der Waals surface area (Å²) in [4.78, 5) is 19.8. The second kappa shape index (κ2) is 8.27. The second-order valence-electron chi connectivity index (χ2n) is 8.59. The number of rotatable bonds is 6. The minimum absolute atomic E-state index is 0.00587. The van der Waals surface area contributed by atoms with Gasteiger partial charge < -0.3 is 19.1 Å². The third-order valence-corrected chi connectivity index (χ3v) is 6.23. The Morgan fingerprint density at radius 2 is 2.00 bits per heavy atom. The van der Waals surface area contributed by atoms with Crippen LogP contribution in [0.4, 0.5) is 8.78 Å². The van der Waals surface area contributed by atoms with Crippen LogP contribution in [0.5, 0.6) is 11.5 Å². The van der Waals surface area contributed by atoms with Crippen LogP contribution >= 0.6 is 0 Å². The zero-order chi connectivity index (χ0) is 21.4. The molecule has 5 rings (SSSR count). The molecule has 1 aliphatic carbocycles. The largest absolute Gasteiger partial charge is 0.486 e. The number of ether oxygens (including phenoxy) is 3. The van der Waals surface area contributed by atoms with E-state index in [1.54, 1.807) is 12.1 Å². The Labute approximate surface area is 179 Å². The number of piperidine rings is 1. The van der Waals surface area contributed by atoms with Crippen molar-refractivity contribution in [2.24, 2.45) is 5.92 Å². The minimum Gasteiger partial charge on any atom is -0.486 e. The molecule has 31 heavy (non-hydrogen) atoms. The summed E-state index contributed by atoms with van der Waals surface area (Å²) in [7, 11) is 0. The third-order valence-electron chi connectivity index (χ3n) is 6.23. The maximum atomic E-state index is 12.9. The summed E-state index contributed by atoms with van der Waals surface area (Å²) < 4.78 is 42.1. The molecule has 1 amide bonds. The number of nitrogens with one attached hydrogen (secondary N) is 1. The van der Waals surface area contributed by atoms with E-state index in [9.17, 15) is 13.6 Å². The van der Waals surface area contributed by atoms with E-state index in [4.69, 9.17) is 14.3 Å². The van der Waals surface area contributed by atoms with Gasteiger partial charge in [-0.1, -0.05) is 0 Å². The predicted octanol–water partition coefficient (Wildman–Crippen LogP) is 3.10. The molecule has 0 aromatic heterocycles. The van der Waals surface area contributed by atoms with Gasteiger partial charge in [-0.2, -0.15) is 8.78 Å². The number of hydrogen-bond donors (Lipinski definition) is 1. The monoisotopic (exact) mass is 436 g/mol. The number of amides is 1. The summed E-state index contributed by atoms with van der Waals surface area (Å²) in [5, 5.41) is 0. The number of carbonyl (C=O) groups excluding carboxylic acids is 1. The maximum absolute atomic E-state index is 12.9. The number of nitrogens with zero attached hydrogens (tertiary/aromatic N) is 1. The highest BCUT2D eigenvalue weighted by atomic mass is 19.3. The average Bonchev–Trinajstić information content (AvgIpc) is 3.38. The van der Waals surface area contributed by atoms with Crippen LogP contribution in [0.3, 0.4) is 0 Å². The van der Waals surface area contributed by atoms with Crippen molar-refractivity contribution in [3.8, 4) is 11.5 Å². The Hall–Kier alpha value is -2.39. The van der Waals surface area contributed by atoms with Crippen LogP contribution in [-0.2, 0) is 14.4 Å². The predicted molar refractivity (Wildman–Crippen MR) is 106 cm³/mol. The lowest BCUT2D eigenvalue weighted by Crippen LogP contribution is -2.42. The molecule has 1 unspecified atom stereocenters. The van der Waals surface area contributed by atoms with Crippen LogP contribution in [-0.4, -0.2) is 55.4 Å². The fourth-order valence-electron chi connectivity index (χ4n) is 4.30. The Morgan fingerprint density at radius 3 is 2.68 bits per heavy atom. The maximum Gasteiger partial charge on any atom is 0.387 e. The van der Waals surface area contributed by atoms with E-state index in [0.717, 1.165) is 30.5 Å². The van der Waals surface area contributed by atoms with E-state index in [-0.39, 0.29) is 29.4 Å². The Morgan fingerprint density at radius 1 is 1.19 bits per heavy atom. The minimum atomic E-state index is -2.95. The number of likely N-dealkylation sites (tertiary alicyclic amines) is 1. The second-order valence-corrected chi connectivity index (χ2v) is 8.59. The van der Waals surface area contributed by atoms with Crippen molar-refractivity contribution in [3.63, 3.8) is 0 Å². The molecule has 1 N–H and O–H groups in total. The van der Waals surface area contributed by atoms with Crippen molar-refractivity contribution in [1.29, 1.82) is 0 Å². The number of alkyl halides is 2.